The number of methoxy groups -OCH3 is 3. The third kappa shape index (κ3) is 5.35. The van der Waals surface area contributed by atoms with Crippen molar-refractivity contribution in [2.45, 2.75) is 38.8 Å². The van der Waals surface area contributed by atoms with Gasteiger partial charge in [-0.2, -0.15) is 4.98 Å². The zero-order chi connectivity index (χ0) is 27.5. The number of aromatic nitrogens is 4. The molecule has 0 bridgehead atoms. The molecule has 0 amide bonds. The van der Waals surface area contributed by atoms with Crippen molar-refractivity contribution in [3.63, 3.8) is 0 Å². The molecule has 0 radical (unpaired) electrons. The highest BCUT2D eigenvalue weighted by atomic mass is 16.5. The summed E-state index contributed by atoms with van der Waals surface area (Å²) in [6.07, 6.45) is 5.46. The molecule has 0 spiro atoms. The summed E-state index contributed by atoms with van der Waals surface area (Å²) in [5.41, 5.74) is 1.52. The van der Waals surface area contributed by atoms with Crippen molar-refractivity contribution in [3.05, 3.63) is 42.9 Å². The molecule has 0 unspecified atom stereocenters. The van der Waals surface area contributed by atoms with Crippen molar-refractivity contribution >= 4 is 28.5 Å². The van der Waals surface area contributed by atoms with E-state index >= 15 is 0 Å². The number of anilines is 3. The predicted octanol–water partition coefficient (Wildman–Crippen LogP) is 4.33. The van der Waals surface area contributed by atoms with Crippen molar-refractivity contribution in [3.8, 4) is 28.7 Å². The fraction of sp³-hybridized carbons (Fsp3) is 0.393. The van der Waals surface area contributed by atoms with Gasteiger partial charge >= 0.3 is 0 Å². The van der Waals surface area contributed by atoms with E-state index in [0.717, 1.165) is 47.5 Å². The van der Waals surface area contributed by atoms with Crippen molar-refractivity contribution in [1.29, 1.82) is 0 Å². The van der Waals surface area contributed by atoms with Crippen LogP contribution in [0.25, 0.3) is 16.6 Å². The van der Waals surface area contributed by atoms with Gasteiger partial charge in [-0.1, -0.05) is 0 Å². The van der Waals surface area contributed by atoms with Gasteiger partial charge in [0.25, 0.3) is 0 Å². The standard InChI is InChI=1S/C28H34N6O5/c1-17(2)39-20-8-9-21-22(13-20)30-28(32-27(21)34-10-6-7-18(34)15-35)31-25-14-33(16-29-25)19-11-23(36-3)26(38-5)24(12-19)37-4/h8-9,11-14,16-18,35H,6-7,10,15H2,1-5H3,(H,30,31,32)/t18-/m1/s1. The summed E-state index contributed by atoms with van der Waals surface area (Å²) in [4.78, 5) is 16.3. The number of hydrogen-bond acceptors (Lipinski definition) is 10. The Kier molecular flexibility index (Phi) is 7.60. The van der Waals surface area contributed by atoms with Gasteiger partial charge in [-0.3, -0.25) is 0 Å². The Balaban J connectivity index is 1.51. The molecular weight excluding hydrogens is 500 g/mol. The lowest BCUT2D eigenvalue weighted by Gasteiger charge is -2.26. The number of nitrogens with zero attached hydrogens (tertiary/aromatic N) is 5. The molecule has 3 heterocycles. The molecule has 0 aliphatic carbocycles. The van der Waals surface area contributed by atoms with Crippen LogP contribution in [0.2, 0.25) is 0 Å². The average molecular weight is 535 g/mol. The quantitative estimate of drug-likeness (QED) is 0.304. The first-order valence-corrected chi connectivity index (χ1v) is 12.9. The number of fused-ring (bicyclic) bond motifs is 1. The molecule has 1 atom stereocenters. The summed E-state index contributed by atoms with van der Waals surface area (Å²) < 4.78 is 24.2. The summed E-state index contributed by atoms with van der Waals surface area (Å²) >= 11 is 0. The number of rotatable bonds is 10. The van der Waals surface area contributed by atoms with Gasteiger partial charge in [0.05, 0.1) is 57.5 Å². The van der Waals surface area contributed by atoms with Crippen LogP contribution in [0.5, 0.6) is 23.0 Å². The molecule has 2 aromatic heterocycles. The maximum atomic E-state index is 9.98. The number of benzene rings is 2. The molecule has 5 rings (SSSR count). The third-order valence-electron chi connectivity index (χ3n) is 6.65. The molecule has 2 N–H and O–H groups in total. The fourth-order valence-electron chi connectivity index (χ4n) is 4.88. The topological polar surface area (TPSA) is 116 Å². The van der Waals surface area contributed by atoms with Crippen LogP contribution in [0.3, 0.4) is 0 Å². The van der Waals surface area contributed by atoms with E-state index in [-0.39, 0.29) is 18.8 Å². The summed E-state index contributed by atoms with van der Waals surface area (Å²) in [6, 6.07) is 9.54. The molecule has 1 aliphatic heterocycles. The van der Waals surface area contributed by atoms with Gasteiger partial charge in [0.2, 0.25) is 11.7 Å². The Hall–Kier alpha value is -4.25. The lowest BCUT2D eigenvalue weighted by atomic mass is 10.2. The molecule has 4 aromatic rings. The largest absolute Gasteiger partial charge is 0.493 e. The zero-order valence-corrected chi connectivity index (χ0v) is 22.8. The number of aliphatic hydroxyl groups excluding tert-OH is 1. The van der Waals surface area contributed by atoms with E-state index < -0.39 is 0 Å². The maximum Gasteiger partial charge on any atom is 0.230 e. The first-order chi connectivity index (χ1) is 18.9. The molecule has 206 valence electrons. The minimum absolute atomic E-state index is 0.0155. The number of ether oxygens (including phenoxy) is 4. The smallest absolute Gasteiger partial charge is 0.230 e. The summed E-state index contributed by atoms with van der Waals surface area (Å²) in [5.74, 6) is 4.08. The van der Waals surface area contributed by atoms with E-state index in [1.807, 2.05) is 54.9 Å². The molecule has 1 aliphatic rings. The highest BCUT2D eigenvalue weighted by Crippen LogP contribution is 2.39. The van der Waals surface area contributed by atoms with Crippen LogP contribution < -0.4 is 29.2 Å². The lowest BCUT2D eigenvalue weighted by Crippen LogP contribution is -2.33. The second-order valence-electron chi connectivity index (χ2n) is 9.56. The first-order valence-electron chi connectivity index (χ1n) is 12.9. The van der Waals surface area contributed by atoms with Crippen molar-refractivity contribution in [1.82, 2.24) is 19.5 Å². The fourth-order valence-corrected chi connectivity index (χ4v) is 4.88. The van der Waals surface area contributed by atoms with Gasteiger partial charge in [0.1, 0.15) is 17.9 Å². The van der Waals surface area contributed by atoms with Gasteiger partial charge in [0.15, 0.2) is 17.3 Å². The second-order valence-corrected chi connectivity index (χ2v) is 9.56. The molecular formula is C28H34N6O5. The third-order valence-corrected chi connectivity index (χ3v) is 6.65. The van der Waals surface area contributed by atoms with Crippen LogP contribution in [0.15, 0.2) is 42.9 Å². The number of imidazole rings is 1. The van der Waals surface area contributed by atoms with Crippen molar-refractivity contribution < 1.29 is 24.1 Å². The Morgan fingerprint density at radius 2 is 1.82 bits per heavy atom. The SMILES string of the molecule is COc1cc(-n2cnc(Nc3nc(N4CCC[C@@H]4CO)c4ccc(OC(C)C)cc4n3)c2)cc(OC)c1OC. The van der Waals surface area contributed by atoms with E-state index in [1.165, 1.54) is 0 Å². The minimum atomic E-state index is 0.0155. The number of aliphatic hydroxyl groups is 1. The van der Waals surface area contributed by atoms with Crippen molar-refractivity contribution in [2.24, 2.45) is 0 Å². The molecule has 39 heavy (non-hydrogen) atoms. The van der Waals surface area contributed by atoms with Crippen LogP contribution in [0.4, 0.5) is 17.6 Å². The van der Waals surface area contributed by atoms with Gasteiger partial charge in [-0.05, 0) is 38.8 Å². The van der Waals surface area contributed by atoms with Gasteiger partial charge < -0.3 is 38.8 Å². The Morgan fingerprint density at radius 1 is 1.05 bits per heavy atom. The van der Waals surface area contributed by atoms with Crippen LogP contribution in [-0.4, -0.2) is 71.3 Å². The monoisotopic (exact) mass is 534 g/mol. The zero-order valence-electron chi connectivity index (χ0n) is 22.8. The molecule has 1 saturated heterocycles. The van der Waals surface area contributed by atoms with Crippen LogP contribution in [0.1, 0.15) is 26.7 Å². The van der Waals surface area contributed by atoms with Gasteiger partial charge in [0, 0.05) is 30.1 Å². The van der Waals surface area contributed by atoms with Gasteiger partial charge in [-0.25, -0.2) is 9.97 Å². The first kappa shape index (κ1) is 26.4. The van der Waals surface area contributed by atoms with Crippen LogP contribution in [-0.2, 0) is 0 Å². The van der Waals surface area contributed by atoms with Crippen LogP contribution in [0, 0.1) is 0 Å². The molecule has 11 nitrogen and oxygen atoms in total. The second kappa shape index (κ2) is 11.2. The summed E-state index contributed by atoms with van der Waals surface area (Å²) in [5, 5.41) is 14.1. The Labute approximate surface area is 227 Å². The molecule has 0 saturated carbocycles. The average Bonchev–Trinajstić information content (AvgIpc) is 3.61. The molecule has 2 aromatic carbocycles. The Bertz CT molecular complexity index is 1430. The Morgan fingerprint density at radius 3 is 2.49 bits per heavy atom. The summed E-state index contributed by atoms with van der Waals surface area (Å²) in [7, 11) is 4.73. The van der Waals surface area contributed by atoms with Crippen LogP contribution >= 0.6 is 0 Å². The molecule has 11 heteroatoms. The number of nitrogens with one attached hydrogen (secondary N) is 1. The van der Waals surface area contributed by atoms with E-state index in [4.69, 9.17) is 28.9 Å². The van der Waals surface area contributed by atoms with E-state index in [2.05, 4.69) is 15.2 Å². The van der Waals surface area contributed by atoms with E-state index in [9.17, 15) is 5.11 Å². The summed E-state index contributed by atoms with van der Waals surface area (Å²) in [6.45, 7) is 4.87. The normalized spacial score (nSPS) is 15.2. The predicted molar refractivity (Wildman–Crippen MR) is 149 cm³/mol. The maximum absolute atomic E-state index is 9.98. The van der Waals surface area contributed by atoms with Crippen molar-refractivity contribution in [2.75, 3.05) is 44.7 Å². The number of hydrogen-bond donors (Lipinski definition) is 2. The van der Waals surface area contributed by atoms with Gasteiger partial charge in [-0.15, -0.1) is 0 Å². The highest BCUT2D eigenvalue weighted by molar-refractivity contribution is 5.92. The van der Waals surface area contributed by atoms with E-state index in [1.54, 1.807) is 27.7 Å². The minimum Gasteiger partial charge on any atom is -0.493 e. The van der Waals surface area contributed by atoms with E-state index in [0.29, 0.717) is 29.0 Å². The highest BCUT2D eigenvalue weighted by Gasteiger charge is 2.27. The lowest BCUT2D eigenvalue weighted by molar-refractivity contribution is 0.242. The molecule has 1 fully saturated rings.